The molecule has 0 aromatic heterocycles. The van der Waals surface area contributed by atoms with Crippen LogP contribution in [0.2, 0.25) is 0 Å². The monoisotopic (exact) mass is 212 g/mol. The molecular weight excluding hydrogens is 205 g/mol. The molecule has 0 saturated heterocycles. The zero-order valence-electron chi connectivity index (χ0n) is 4.87. The molecular formula is C5H9BrZn. The molecule has 0 rings (SSSR count). The first-order chi connectivity index (χ1) is 3.27. The summed E-state index contributed by atoms with van der Waals surface area (Å²) in [5.41, 5.74) is 0. The van der Waals surface area contributed by atoms with Crippen LogP contribution in [-0.2, 0) is 16.3 Å². The van der Waals surface area contributed by atoms with Crippen LogP contribution in [0.1, 0.15) is 13.8 Å². The second kappa shape index (κ2) is 9.86. The van der Waals surface area contributed by atoms with Gasteiger partial charge in [-0.25, -0.2) is 18.6 Å². The van der Waals surface area contributed by atoms with Crippen LogP contribution in [0.15, 0.2) is 12.7 Å². The Morgan fingerprint density at radius 1 is 1.57 bits per heavy atom. The van der Waals surface area contributed by atoms with Crippen LogP contribution in [0.25, 0.3) is 0 Å². The molecule has 0 unspecified atom stereocenters. The SMILES string of the molecule is C=C[C-](C)C.[Zn+][Br]. The van der Waals surface area contributed by atoms with Gasteiger partial charge in [0.2, 0.25) is 0 Å². The minimum atomic E-state index is 1.19. The van der Waals surface area contributed by atoms with Gasteiger partial charge < -0.3 is 0 Å². The molecule has 0 N–H and O–H groups in total. The van der Waals surface area contributed by atoms with Crippen molar-refractivity contribution < 1.29 is 16.3 Å². The molecule has 0 aliphatic rings. The molecule has 38 valence electrons. The minimum absolute atomic E-state index is 1.19. The van der Waals surface area contributed by atoms with E-state index in [0.717, 1.165) is 0 Å². The summed E-state index contributed by atoms with van der Waals surface area (Å²) in [5.74, 6) is 1.27. The van der Waals surface area contributed by atoms with Gasteiger partial charge in [0, 0.05) is 0 Å². The van der Waals surface area contributed by atoms with Crippen molar-refractivity contribution in [3.05, 3.63) is 18.6 Å². The van der Waals surface area contributed by atoms with E-state index >= 15 is 0 Å². The third kappa shape index (κ3) is 20.3. The van der Waals surface area contributed by atoms with Crippen LogP contribution < -0.4 is 0 Å². The summed E-state index contributed by atoms with van der Waals surface area (Å²) in [7, 11) is 0. The number of halogens is 1. The van der Waals surface area contributed by atoms with Gasteiger partial charge in [-0.3, -0.25) is 0 Å². The van der Waals surface area contributed by atoms with Crippen LogP contribution in [0, 0.1) is 5.92 Å². The van der Waals surface area contributed by atoms with E-state index in [4.69, 9.17) is 0 Å². The van der Waals surface area contributed by atoms with E-state index in [1.807, 2.05) is 19.9 Å². The number of hydrogen-bond acceptors (Lipinski definition) is 0. The maximum absolute atomic E-state index is 3.52. The quantitative estimate of drug-likeness (QED) is 0.465. The molecule has 0 atom stereocenters. The van der Waals surface area contributed by atoms with E-state index in [1.165, 1.54) is 22.3 Å². The van der Waals surface area contributed by atoms with Crippen molar-refractivity contribution in [3.8, 4) is 0 Å². The Hall–Kier alpha value is 0.713. The van der Waals surface area contributed by atoms with E-state index < -0.39 is 0 Å². The summed E-state index contributed by atoms with van der Waals surface area (Å²) in [4.78, 5) is 0. The van der Waals surface area contributed by atoms with Crippen LogP contribution in [0.4, 0.5) is 0 Å². The third-order valence-corrected chi connectivity index (χ3v) is 0.408. The van der Waals surface area contributed by atoms with Gasteiger partial charge in [0.05, 0.1) is 0 Å². The van der Waals surface area contributed by atoms with Gasteiger partial charge in [-0.2, -0.15) is 0 Å². The molecule has 0 aromatic rings. The summed E-state index contributed by atoms with van der Waals surface area (Å²) < 4.78 is 0. The Morgan fingerprint density at radius 3 is 1.71 bits per heavy atom. The second-order valence-electron chi connectivity index (χ2n) is 1.28. The van der Waals surface area contributed by atoms with Crippen molar-refractivity contribution in [2.75, 3.05) is 0 Å². The molecule has 0 heterocycles. The second-order valence-corrected chi connectivity index (χ2v) is 1.28. The average Bonchev–Trinajstić information content (AvgIpc) is 1.73. The fourth-order valence-electron chi connectivity index (χ4n) is 0. The molecule has 0 aliphatic carbocycles. The first-order valence-electron chi connectivity index (χ1n) is 1.96. The molecule has 0 bridgehead atoms. The first-order valence-corrected chi connectivity index (χ1v) is 8.91. The van der Waals surface area contributed by atoms with Gasteiger partial charge in [0.15, 0.2) is 0 Å². The van der Waals surface area contributed by atoms with Crippen LogP contribution in [0.5, 0.6) is 0 Å². The van der Waals surface area contributed by atoms with Crippen LogP contribution in [0.3, 0.4) is 0 Å². The predicted octanol–water partition coefficient (Wildman–Crippen LogP) is 2.63. The Labute approximate surface area is 62.4 Å². The molecule has 0 spiro atoms. The normalized spacial score (nSPS) is 5.86. The van der Waals surface area contributed by atoms with Crippen LogP contribution >= 0.6 is 13.6 Å². The van der Waals surface area contributed by atoms with Crippen LogP contribution in [-0.4, -0.2) is 0 Å². The van der Waals surface area contributed by atoms with Crippen molar-refractivity contribution in [2.24, 2.45) is 0 Å². The van der Waals surface area contributed by atoms with Gasteiger partial charge in [-0.05, 0) is 0 Å². The molecule has 2 heteroatoms. The standard InChI is InChI=1S/C5H9.BrH.Zn/c1-4-5(2)3;;/h4H,1H2,2-3H3;1H;/q-1;;+2/p-1. The number of hydrogen-bond donors (Lipinski definition) is 0. The van der Waals surface area contributed by atoms with Crippen molar-refractivity contribution in [3.63, 3.8) is 0 Å². The summed E-state index contributed by atoms with van der Waals surface area (Å²) in [5, 5.41) is 0. The van der Waals surface area contributed by atoms with Gasteiger partial charge in [0.1, 0.15) is 0 Å². The number of allylic oxidation sites excluding steroid dienone is 1. The molecule has 0 radical (unpaired) electrons. The van der Waals surface area contributed by atoms with E-state index in [1.54, 1.807) is 0 Å². The predicted molar refractivity (Wildman–Crippen MR) is 33.7 cm³/mol. The molecule has 0 fully saturated rings. The summed E-state index contributed by atoms with van der Waals surface area (Å²) in [6.45, 7) is 7.56. The zero-order valence-corrected chi connectivity index (χ0v) is 9.42. The van der Waals surface area contributed by atoms with Crippen molar-refractivity contribution in [1.29, 1.82) is 0 Å². The molecule has 0 amide bonds. The van der Waals surface area contributed by atoms with Crippen molar-refractivity contribution in [2.45, 2.75) is 13.8 Å². The van der Waals surface area contributed by atoms with Gasteiger partial charge in [-0.15, -0.1) is 13.8 Å². The van der Waals surface area contributed by atoms with Gasteiger partial charge in [-0.1, -0.05) is 0 Å². The fourth-order valence-corrected chi connectivity index (χ4v) is 0. The Morgan fingerprint density at radius 2 is 1.71 bits per heavy atom. The molecule has 0 aliphatic heterocycles. The van der Waals surface area contributed by atoms with Crippen molar-refractivity contribution >= 4 is 13.6 Å². The Kier molecular flexibility index (Phi) is 15.0. The van der Waals surface area contributed by atoms with Gasteiger partial charge >= 0.3 is 30.0 Å². The maximum atomic E-state index is 3.52. The summed E-state index contributed by atoms with van der Waals surface area (Å²) >= 11 is 4.25. The third-order valence-electron chi connectivity index (χ3n) is 0.408. The molecule has 7 heavy (non-hydrogen) atoms. The van der Waals surface area contributed by atoms with E-state index in [0.29, 0.717) is 0 Å². The molecule has 0 saturated carbocycles. The first kappa shape index (κ1) is 10.6. The number of rotatable bonds is 1. The van der Waals surface area contributed by atoms with E-state index in [2.05, 4.69) is 20.2 Å². The Balaban J connectivity index is 0. The average molecular weight is 214 g/mol. The van der Waals surface area contributed by atoms with Crippen molar-refractivity contribution in [1.82, 2.24) is 0 Å². The molecule has 0 aromatic carbocycles. The Bertz CT molecular complexity index is 35.1. The molecule has 0 nitrogen and oxygen atoms in total. The summed E-state index contributed by atoms with van der Waals surface area (Å²) in [6.07, 6.45) is 1.83. The summed E-state index contributed by atoms with van der Waals surface area (Å²) in [6, 6.07) is 0. The van der Waals surface area contributed by atoms with Gasteiger partial charge in [0.25, 0.3) is 0 Å². The van der Waals surface area contributed by atoms with E-state index in [9.17, 15) is 0 Å². The topological polar surface area (TPSA) is 0 Å². The fraction of sp³-hybridized carbons (Fsp3) is 0.400. The van der Waals surface area contributed by atoms with E-state index in [-0.39, 0.29) is 0 Å². The zero-order chi connectivity index (χ0) is 6.28.